The molecule has 6 nitrogen and oxygen atoms in total. The number of rotatable bonds is 5. The molecule has 1 rings (SSSR count). The molecule has 0 bridgehead atoms. The summed E-state index contributed by atoms with van der Waals surface area (Å²) in [6, 6.07) is 1.53. The molecule has 0 aliphatic heterocycles. The van der Waals surface area contributed by atoms with Crippen molar-refractivity contribution in [1.29, 1.82) is 0 Å². The van der Waals surface area contributed by atoms with Crippen LogP contribution in [0, 0.1) is 6.92 Å². The van der Waals surface area contributed by atoms with Crippen LogP contribution in [-0.2, 0) is 9.53 Å². The Labute approximate surface area is 99.3 Å². The maximum absolute atomic E-state index is 11.5. The Morgan fingerprint density at radius 1 is 1.53 bits per heavy atom. The van der Waals surface area contributed by atoms with E-state index in [9.17, 15) is 9.59 Å². The molecule has 0 spiro atoms. The summed E-state index contributed by atoms with van der Waals surface area (Å²) in [6.07, 6.45) is -0.00745. The molecule has 6 heteroatoms. The topological polar surface area (TPSA) is 81.4 Å². The third-order valence-electron chi connectivity index (χ3n) is 1.83. The molecule has 17 heavy (non-hydrogen) atoms. The van der Waals surface area contributed by atoms with Crippen molar-refractivity contribution in [3.8, 4) is 0 Å². The zero-order chi connectivity index (χ0) is 12.8. The van der Waals surface area contributed by atoms with Gasteiger partial charge in [-0.1, -0.05) is 5.16 Å². The van der Waals surface area contributed by atoms with Crippen molar-refractivity contribution < 1.29 is 18.8 Å². The molecule has 1 aromatic heterocycles. The minimum absolute atomic E-state index is 0.136. The average Bonchev–Trinajstić information content (AvgIpc) is 2.63. The van der Waals surface area contributed by atoms with Gasteiger partial charge in [-0.2, -0.15) is 0 Å². The Kier molecular flexibility index (Phi) is 4.68. The zero-order valence-electron chi connectivity index (χ0n) is 10.1. The minimum Gasteiger partial charge on any atom is -0.463 e. The van der Waals surface area contributed by atoms with Crippen LogP contribution in [0.2, 0.25) is 0 Å². The summed E-state index contributed by atoms with van der Waals surface area (Å²) < 4.78 is 9.69. The highest BCUT2D eigenvalue weighted by molar-refractivity contribution is 5.91. The lowest BCUT2D eigenvalue weighted by Gasteiger charge is -2.07. The number of carbonyl (C=O) groups excluding carboxylic acids is 2. The lowest BCUT2D eigenvalue weighted by molar-refractivity contribution is -0.147. The fraction of sp³-hybridized carbons (Fsp3) is 0.545. The van der Waals surface area contributed by atoms with Crippen LogP contribution in [0.1, 0.15) is 36.5 Å². The second kappa shape index (κ2) is 6.03. The number of amides is 1. The largest absolute Gasteiger partial charge is 0.463 e. The van der Waals surface area contributed by atoms with Gasteiger partial charge in [-0.3, -0.25) is 9.59 Å². The van der Waals surface area contributed by atoms with Gasteiger partial charge in [0.25, 0.3) is 5.91 Å². The number of aryl methyl sites for hydroxylation is 1. The van der Waals surface area contributed by atoms with Gasteiger partial charge in [0.15, 0.2) is 0 Å². The Hall–Kier alpha value is -1.85. The van der Waals surface area contributed by atoms with E-state index in [0.717, 1.165) is 0 Å². The Morgan fingerprint density at radius 3 is 2.76 bits per heavy atom. The first-order valence-electron chi connectivity index (χ1n) is 5.40. The van der Waals surface area contributed by atoms with Gasteiger partial charge < -0.3 is 14.6 Å². The Balaban J connectivity index is 2.27. The van der Waals surface area contributed by atoms with Crippen LogP contribution in [0.4, 0.5) is 0 Å². The van der Waals surface area contributed by atoms with E-state index in [-0.39, 0.29) is 36.7 Å². The second-order valence-corrected chi connectivity index (χ2v) is 3.88. The number of esters is 1. The lowest BCUT2D eigenvalue weighted by Crippen LogP contribution is -2.26. The fourth-order valence-corrected chi connectivity index (χ4v) is 1.16. The third-order valence-corrected chi connectivity index (χ3v) is 1.83. The average molecular weight is 240 g/mol. The van der Waals surface area contributed by atoms with Gasteiger partial charge in [0, 0.05) is 12.6 Å². The fourth-order valence-electron chi connectivity index (χ4n) is 1.16. The van der Waals surface area contributed by atoms with Gasteiger partial charge in [0.05, 0.1) is 18.2 Å². The van der Waals surface area contributed by atoms with E-state index in [4.69, 9.17) is 9.26 Å². The van der Waals surface area contributed by atoms with Crippen molar-refractivity contribution in [3.05, 3.63) is 17.5 Å². The van der Waals surface area contributed by atoms with Crippen LogP contribution in [0.5, 0.6) is 0 Å². The van der Waals surface area contributed by atoms with E-state index < -0.39 is 0 Å². The second-order valence-electron chi connectivity index (χ2n) is 3.88. The molecule has 1 heterocycles. The molecule has 0 unspecified atom stereocenters. The van der Waals surface area contributed by atoms with Crippen molar-refractivity contribution in [2.24, 2.45) is 0 Å². The molecule has 0 aliphatic carbocycles. The van der Waals surface area contributed by atoms with E-state index in [1.807, 2.05) is 0 Å². The molecule has 94 valence electrons. The molecule has 1 aromatic rings. The van der Waals surface area contributed by atoms with Gasteiger partial charge in [0.2, 0.25) is 5.76 Å². The highest BCUT2D eigenvalue weighted by Crippen LogP contribution is 2.01. The Morgan fingerprint density at radius 2 is 2.24 bits per heavy atom. The molecule has 0 saturated carbocycles. The first-order valence-corrected chi connectivity index (χ1v) is 5.40. The summed E-state index contributed by atoms with van der Waals surface area (Å²) in [4.78, 5) is 22.6. The molecule has 0 saturated heterocycles. The summed E-state index contributed by atoms with van der Waals surface area (Å²) in [6.45, 7) is 5.48. The number of hydrogen-bond acceptors (Lipinski definition) is 5. The monoisotopic (exact) mass is 240 g/mol. The molecule has 0 radical (unpaired) electrons. The zero-order valence-corrected chi connectivity index (χ0v) is 10.1. The van der Waals surface area contributed by atoms with E-state index in [2.05, 4.69) is 10.5 Å². The number of nitrogens with zero attached hydrogens (tertiary/aromatic N) is 1. The van der Waals surface area contributed by atoms with Crippen molar-refractivity contribution >= 4 is 11.9 Å². The van der Waals surface area contributed by atoms with Crippen LogP contribution in [0.3, 0.4) is 0 Å². The van der Waals surface area contributed by atoms with Crippen molar-refractivity contribution in [1.82, 2.24) is 10.5 Å². The molecule has 0 aliphatic rings. The van der Waals surface area contributed by atoms with E-state index in [0.29, 0.717) is 5.69 Å². The van der Waals surface area contributed by atoms with E-state index in [1.165, 1.54) is 6.07 Å². The number of ether oxygens (including phenoxy) is 1. The molecule has 1 amide bonds. The normalized spacial score (nSPS) is 10.4. The van der Waals surface area contributed by atoms with Gasteiger partial charge in [-0.25, -0.2) is 0 Å². The summed E-state index contributed by atoms with van der Waals surface area (Å²) in [5.41, 5.74) is 0.634. The van der Waals surface area contributed by atoms with Gasteiger partial charge in [-0.05, 0) is 20.8 Å². The SMILES string of the molecule is Cc1cc(C(=O)NCCC(=O)OC(C)C)on1. The predicted molar refractivity (Wildman–Crippen MR) is 59.4 cm³/mol. The summed E-state index contributed by atoms with van der Waals surface area (Å²) in [5, 5.41) is 6.14. The number of carbonyl (C=O) groups is 2. The molecule has 0 aromatic carbocycles. The summed E-state index contributed by atoms with van der Waals surface area (Å²) in [5.74, 6) is -0.586. The quantitative estimate of drug-likeness (QED) is 0.778. The molecular formula is C11H16N2O4. The summed E-state index contributed by atoms with van der Waals surface area (Å²) in [7, 11) is 0. The smallest absolute Gasteiger partial charge is 0.307 e. The standard InChI is InChI=1S/C11H16N2O4/c1-7(2)16-10(14)4-5-12-11(15)9-6-8(3)13-17-9/h6-7H,4-5H2,1-3H3,(H,12,15). The highest BCUT2D eigenvalue weighted by atomic mass is 16.5. The van der Waals surface area contributed by atoms with Gasteiger partial charge in [0.1, 0.15) is 0 Å². The first kappa shape index (κ1) is 13.2. The lowest BCUT2D eigenvalue weighted by atomic mass is 10.3. The predicted octanol–water partition coefficient (Wildman–Crippen LogP) is 1.05. The maximum atomic E-state index is 11.5. The van der Waals surface area contributed by atoms with Gasteiger partial charge in [-0.15, -0.1) is 0 Å². The number of hydrogen-bond donors (Lipinski definition) is 1. The summed E-state index contributed by atoms with van der Waals surface area (Å²) >= 11 is 0. The third kappa shape index (κ3) is 4.67. The first-order chi connectivity index (χ1) is 7.99. The van der Waals surface area contributed by atoms with Crippen LogP contribution < -0.4 is 5.32 Å². The van der Waals surface area contributed by atoms with Crippen LogP contribution >= 0.6 is 0 Å². The number of nitrogens with one attached hydrogen (secondary N) is 1. The number of aromatic nitrogens is 1. The molecule has 0 atom stereocenters. The molecule has 0 fully saturated rings. The maximum Gasteiger partial charge on any atom is 0.307 e. The molecular weight excluding hydrogens is 224 g/mol. The minimum atomic E-state index is -0.386. The van der Waals surface area contributed by atoms with E-state index in [1.54, 1.807) is 20.8 Å². The van der Waals surface area contributed by atoms with Crippen LogP contribution in [-0.4, -0.2) is 29.7 Å². The van der Waals surface area contributed by atoms with Crippen molar-refractivity contribution in [2.45, 2.75) is 33.3 Å². The van der Waals surface area contributed by atoms with E-state index >= 15 is 0 Å². The van der Waals surface area contributed by atoms with Crippen LogP contribution in [0.25, 0.3) is 0 Å². The highest BCUT2D eigenvalue weighted by Gasteiger charge is 2.12. The van der Waals surface area contributed by atoms with Crippen molar-refractivity contribution in [3.63, 3.8) is 0 Å². The van der Waals surface area contributed by atoms with Crippen molar-refractivity contribution in [2.75, 3.05) is 6.54 Å². The van der Waals surface area contributed by atoms with Gasteiger partial charge >= 0.3 is 5.97 Å². The Bertz CT molecular complexity index is 398. The van der Waals surface area contributed by atoms with Crippen LogP contribution in [0.15, 0.2) is 10.6 Å². The molecule has 1 N–H and O–H groups in total.